The van der Waals surface area contributed by atoms with Gasteiger partial charge >= 0.3 is 0 Å². The normalized spacial score (nSPS) is 10.0. The lowest BCUT2D eigenvalue weighted by molar-refractivity contribution is 0.313. The lowest BCUT2D eigenvalue weighted by Crippen LogP contribution is -2.20. The molecule has 0 fully saturated rings. The predicted octanol–water partition coefficient (Wildman–Crippen LogP) is 2.12. The molecule has 0 aromatic heterocycles. The van der Waals surface area contributed by atoms with E-state index in [0.29, 0.717) is 19.7 Å². The molecule has 0 atom stereocenters. The van der Waals surface area contributed by atoms with Crippen LogP contribution < -0.4 is 10.1 Å². The fraction of sp³-hybridized carbons (Fsp3) is 0.273. The number of nitrogens with one attached hydrogen (secondary N) is 1. The van der Waals surface area contributed by atoms with Gasteiger partial charge in [0, 0.05) is 31.3 Å². The third-order valence-corrected chi connectivity index (χ3v) is 1.67. The zero-order valence-electron chi connectivity index (χ0n) is 8.30. The molecule has 0 aliphatic rings. The zero-order valence-corrected chi connectivity index (χ0v) is 8.30. The first kappa shape index (κ1) is 11.7. The highest BCUT2D eigenvalue weighted by atomic mass is 19.1. The van der Waals surface area contributed by atoms with E-state index in [1.165, 1.54) is 0 Å². The summed E-state index contributed by atoms with van der Waals surface area (Å²) in [4.78, 5) is 0. The quantitative estimate of drug-likeness (QED) is 0.577. The third kappa shape index (κ3) is 4.56. The summed E-state index contributed by atoms with van der Waals surface area (Å²) >= 11 is 0. The van der Waals surface area contributed by atoms with Crippen molar-refractivity contribution in [2.75, 3.05) is 19.7 Å². The van der Waals surface area contributed by atoms with Crippen molar-refractivity contribution in [1.82, 2.24) is 5.32 Å². The van der Waals surface area contributed by atoms with Crippen LogP contribution in [0, 0.1) is 11.6 Å². The van der Waals surface area contributed by atoms with Crippen molar-refractivity contribution in [2.45, 2.75) is 0 Å². The van der Waals surface area contributed by atoms with E-state index in [9.17, 15) is 8.78 Å². The van der Waals surface area contributed by atoms with Gasteiger partial charge in [0.05, 0.1) is 0 Å². The fourth-order valence-electron chi connectivity index (χ4n) is 1.06. The summed E-state index contributed by atoms with van der Waals surface area (Å²) < 4.78 is 30.6. The molecule has 0 heterocycles. The summed E-state index contributed by atoms with van der Waals surface area (Å²) in [5, 5.41) is 3.00. The summed E-state index contributed by atoms with van der Waals surface area (Å²) in [5.41, 5.74) is 0. The molecule has 0 unspecified atom stereocenters. The van der Waals surface area contributed by atoms with Crippen molar-refractivity contribution >= 4 is 0 Å². The van der Waals surface area contributed by atoms with Gasteiger partial charge in [-0.3, -0.25) is 0 Å². The molecule has 0 saturated carbocycles. The van der Waals surface area contributed by atoms with Crippen LogP contribution in [-0.4, -0.2) is 19.7 Å². The van der Waals surface area contributed by atoms with E-state index < -0.39 is 11.6 Å². The van der Waals surface area contributed by atoms with Crippen LogP contribution in [0.15, 0.2) is 30.9 Å². The Labute approximate surface area is 87.6 Å². The second-order valence-corrected chi connectivity index (χ2v) is 2.95. The van der Waals surface area contributed by atoms with Crippen molar-refractivity contribution in [2.24, 2.45) is 0 Å². The molecule has 15 heavy (non-hydrogen) atoms. The number of hydrogen-bond acceptors (Lipinski definition) is 2. The van der Waals surface area contributed by atoms with Crippen LogP contribution in [0.2, 0.25) is 0 Å². The highest BCUT2D eigenvalue weighted by Gasteiger charge is 2.00. The van der Waals surface area contributed by atoms with Crippen LogP contribution in [0.1, 0.15) is 0 Å². The fourth-order valence-corrected chi connectivity index (χ4v) is 1.06. The lowest BCUT2D eigenvalue weighted by atomic mass is 10.3. The maximum Gasteiger partial charge on any atom is 0.129 e. The van der Waals surface area contributed by atoms with Crippen LogP contribution in [0.3, 0.4) is 0 Å². The van der Waals surface area contributed by atoms with Gasteiger partial charge in [-0.05, 0) is 0 Å². The molecule has 0 spiro atoms. The molecule has 1 rings (SSSR count). The Kier molecular flexibility index (Phi) is 4.77. The van der Waals surface area contributed by atoms with E-state index in [0.717, 1.165) is 18.2 Å². The predicted molar refractivity (Wildman–Crippen MR) is 54.9 cm³/mol. The van der Waals surface area contributed by atoms with Crippen molar-refractivity contribution in [3.63, 3.8) is 0 Å². The van der Waals surface area contributed by atoms with Gasteiger partial charge in [0.1, 0.15) is 24.0 Å². The largest absolute Gasteiger partial charge is 0.492 e. The van der Waals surface area contributed by atoms with Gasteiger partial charge < -0.3 is 10.1 Å². The maximum atomic E-state index is 12.7. The Bertz CT molecular complexity index is 308. The average molecular weight is 213 g/mol. The lowest BCUT2D eigenvalue weighted by Gasteiger charge is -2.06. The molecule has 2 nitrogen and oxygen atoms in total. The van der Waals surface area contributed by atoms with Crippen molar-refractivity contribution in [3.8, 4) is 5.75 Å². The second-order valence-electron chi connectivity index (χ2n) is 2.95. The first-order valence-electron chi connectivity index (χ1n) is 4.63. The summed E-state index contributed by atoms with van der Waals surface area (Å²) in [6.45, 7) is 5.18. The molecule has 0 bridgehead atoms. The Morgan fingerprint density at radius 1 is 1.27 bits per heavy atom. The van der Waals surface area contributed by atoms with Gasteiger partial charge in [-0.1, -0.05) is 6.08 Å². The van der Waals surface area contributed by atoms with E-state index in [2.05, 4.69) is 11.9 Å². The molecule has 82 valence electrons. The molecular formula is C11H13F2NO. The van der Waals surface area contributed by atoms with Crippen molar-refractivity contribution in [1.29, 1.82) is 0 Å². The van der Waals surface area contributed by atoms with E-state index in [1.807, 2.05) is 0 Å². The average Bonchev–Trinajstić information content (AvgIpc) is 2.16. The molecule has 0 radical (unpaired) electrons. The SMILES string of the molecule is C=CCNCCOc1cc(F)cc(F)c1. The summed E-state index contributed by atoms with van der Waals surface area (Å²) in [6, 6.07) is 3.11. The molecule has 0 amide bonds. The minimum absolute atomic E-state index is 0.202. The summed E-state index contributed by atoms with van der Waals surface area (Å²) in [6.07, 6.45) is 1.72. The molecule has 0 aliphatic carbocycles. The highest BCUT2D eigenvalue weighted by molar-refractivity contribution is 5.23. The van der Waals surface area contributed by atoms with Crippen molar-refractivity contribution < 1.29 is 13.5 Å². The van der Waals surface area contributed by atoms with Gasteiger partial charge in [0.2, 0.25) is 0 Å². The summed E-state index contributed by atoms with van der Waals surface area (Å²) in [5.74, 6) is -1.07. The summed E-state index contributed by atoms with van der Waals surface area (Å²) in [7, 11) is 0. The molecule has 1 aromatic carbocycles. The minimum Gasteiger partial charge on any atom is -0.492 e. The van der Waals surface area contributed by atoms with Crippen LogP contribution in [0.5, 0.6) is 5.75 Å². The Balaban J connectivity index is 2.33. The van der Waals surface area contributed by atoms with Crippen LogP contribution >= 0.6 is 0 Å². The first-order chi connectivity index (χ1) is 7.22. The Hall–Kier alpha value is -1.42. The molecule has 0 saturated heterocycles. The molecule has 0 aliphatic heterocycles. The van der Waals surface area contributed by atoms with E-state index in [1.54, 1.807) is 6.08 Å². The standard InChI is InChI=1S/C11H13F2NO/c1-2-3-14-4-5-15-11-7-9(12)6-10(13)8-11/h2,6-8,14H,1,3-5H2. The van der Waals surface area contributed by atoms with E-state index in [4.69, 9.17) is 4.74 Å². The first-order valence-corrected chi connectivity index (χ1v) is 4.63. The molecule has 4 heteroatoms. The molecule has 1 aromatic rings. The molecular weight excluding hydrogens is 200 g/mol. The topological polar surface area (TPSA) is 21.3 Å². The number of ether oxygens (including phenoxy) is 1. The third-order valence-electron chi connectivity index (χ3n) is 1.67. The second kappa shape index (κ2) is 6.14. The van der Waals surface area contributed by atoms with Gasteiger partial charge in [0.15, 0.2) is 0 Å². The van der Waals surface area contributed by atoms with Crippen LogP contribution in [-0.2, 0) is 0 Å². The van der Waals surface area contributed by atoms with Crippen LogP contribution in [0.25, 0.3) is 0 Å². The zero-order chi connectivity index (χ0) is 11.1. The monoisotopic (exact) mass is 213 g/mol. The van der Waals surface area contributed by atoms with E-state index in [-0.39, 0.29) is 5.75 Å². The minimum atomic E-state index is -0.635. The number of halogens is 2. The maximum absolute atomic E-state index is 12.7. The molecule has 1 N–H and O–H groups in total. The van der Waals surface area contributed by atoms with Gasteiger partial charge in [-0.25, -0.2) is 8.78 Å². The van der Waals surface area contributed by atoms with Gasteiger partial charge in [0.25, 0.3) is 0 Å². The van der Waals surface area contributed by atoms with Crippen LogP contribution in [0.4, 0.5) is 8.78 Å². The number of benzene rings is 1. The van der Waals surface area contributed by atoms with E-state index >= 15 is 0 Å². The number of rotatable bonds is 6. The highest BCUT2D eigenvalue weighted by Crippen LogP contribution is 2.14. The Morgan fingerprint density at radius 3 is 2.53 bits per heavy atom. The van der Waals surface area contributed by atoms with Crippen molar-refractivity contribution in [3.05, 3.63) is 42.5 Å². The van der Waals surface area contributed by atoms with Gasteiger partial charge in [-0.15, -0.1) is 6.58 Å². The Morgan fingerprint density at radius 2 is 1.93 bits per heavy atom. The smallest absolute Gasteiger partial charge is 0.129 e. The number of hydrogen-bond donors (Lipinski definition) is 1. The van der Waals surface area contributed by atoms with Gasteiger partial charge in [-0.2, -0.15) is 0 Å².